The quantitative estimate of drug-likeness (QED) is 0.324. The number of phenolic OH excluding ortho intramolecular Hbond substituents is 2. The average Bonchev–Trinajstić information content (AvgIpc) is 3.38. The van der Waals surface area contributed by atoms with Crippen molar-refractivity contribution in [2.75, 3.05) is 18.2 Å². The van der Waals surface area contributed by atoms with Gasteiger partial charge in [0, 0.05) is 0 Å². The maximum Gasteiger partial charge on any atom is 0.359 e. The van der Waals surface area contributed by atoms with Crippen LogP contribution < -0.4 is 10.6 Å². The summed E-state index contributed by atoms with van der Waals surface area (Å²) < 4.78 is 11.1. The first-order valence-electron chi connectivity index (χ1n) is 11.2. The number of aromatic hydroxyl groups is 2. The van der Waals surface area contributed by atoms with E-state index in [1.54, 1.807) is 13.8 Å². The van der Waals surface area contributed by atoms with Crippen molar-refractivity contribution in [3.63, 3.8) is 0 Å². The molecule has 0 saturated heterocycles. The highest BCUT2D eigenvalue weighted by molar-refractivity contribution is 6.54. The Morgan fingerprint density at radius 2 is 1.43 bits per heavy atom. The summed E-state index contributed by atoms with van der Waals surface area (Å²) >= 11 is 0. The third-order valence-electron chi connectivity index (χ3n) is 5.24. The molecule has 0 saturated carbocycles. The number of hydrazone groups is 1. The Morgan fingerprint density at radius 1 is 0.892 bits per heavy atom. The van der Waals surface area contributed by atoms with Crippen molar-refractivity contribution >= 4 is 35.3 Å². The number of hydrogen-bond acceptors (Lipinski definition) is 9. The minimum atomic E-state index is -0.907. The molecular formula is C25H22N4O8. The molecule has 12 nitrogen and oxygen atoms in total. The number of carbonyl (C=O) groups excluding carboxylic acids is 3. The third-order valence-corrected chi connectivity index (χ3v) is 5.24. The highest BCUT2D eigenvalue weighted by atomic mass is 16.5. The number of aromatic nitrogens is 2. The van der Waals surface area contributed by atoms with Crippen LogP contribution in [-0.2, 0) is 19.1 Å². The molecule has 12 heteroatoms. The summed E-state index contributed by atoms with van der Waals surface area (Å²) in [5, 5.41) is 26.8. The van der Waals surface area contributed by atoms with Crippen LogP contribution in [0.1, 0.15) is 29.9 Å². The largest absolute Gasteiger partial charge is 0.508 e. The van der Waals surface area contributed by atoms with E-state index in [0.717, 1.165) is 15.8 Å². The molecule has 0 radical (unpaired) electrons. The van der Waals surface area contributed by atoms with Crippen LogP contribution >= 0.6 is 0 Å². The molecule has 1 aromatic heterocycles. The van der Waals surface area contributed by atoms with Crippen LogP contribution in [-0.4, -0.2) is 56.8 Å². The first-order chi connectivity index (χ1) is 17.7. The zero-order valence-corrected chi connectivity index (χ0v) is 19.8. The van der Waals surface area contributed by atoms with Gasteiger partial charge < -0.3 is 19.7 Å². The second-order valence-corrected chi connectivity index (χ2v) is 7.64. The Kier molecular flexibility index (Phi) is 6.91. The first kappa shape index (κ1) is 25.0. The maximum atomic E-state index is 13.4. The number of amides is 1. The number of nitrogens with zero attached hydrogens (tertiary/aromatic N) is 3. The Labute approximate surface area is 209 Å². The van der Waals surface area contributed by atoms with Gasteiger partial charge in [0.25, 0.3) is 11.5 Å². The molecule has 37 heavy (non-hydrogen) atoms. The van der Waals surface area contributed by atoms with Crippen LogP contribution in [0.2, 0.25) is 0 Å². The lowest BCUT2D eigenvalue weighted by atomic mass is 10.1. The minimum absolute atomic E-state index is 0.00439. The Bertz CT molecular complexity index is 1480. The fraction of sp³-hybridized carbons (Fsp3) is 0.160. The van der Waals surface area contributed by atoms with Crippen LogP contribution in [0.5, 0.6) is 11.5 Å². The predicted octanol–water partition coefficient (Wildman–Crippen LogP) is 2.10. The van der Waals surface area contributed by atoms with Crippen LogP contribution in [0.25, 0.3) is 11.8 Å². The molecule has 1 amide bonds. The van der Waals surface area contributed by atoms with E-state index >= 15 is 0 Å². The average molecular weight is 506 g/mol. The summed E-state index contributed by atoms with van der Waals surface area (Å²) in [5.74, 6) is -2.60. The van der Waals surface area contributed by atoms with Gasteiger partial charge in [0.1, 0.15) is 11.5 Å². The van der Waals surface area contributed by atoms with Crippen molar-refractivity contribution in [1.29, 1.82) is 0 Å². The number of hydrogen-bond donors (Lipinski definition) is 3. The van der Waals surface area contributed by atoms with Gasteiger partial charge in [-0.2, -0.15) is 10.1 Å². The van der Waals surface area contributed by atoms with E-state index in [0.29, 0.717) is 5.69 Å². The zero-order valence-electron chi connectivity index (χ0n) is 19.8. The Hall–Kier alpha value is -5.13. The van der Waals surface area contributed by atoms with Gasteiger partial charge in [-0.15, -0.1) is 0 Å². The molecule has 0 fully saturated rings. The van der Waals surface area contributed by atoms with Gasteiger partial charge in [0.2, 0.25) is 0 Å². The summed E-state index contributed by atoms with van der Waals surface area (Å²) in [7, 11) is 0. The number of rotatable bonds is 7. The number of ether oxygens (including phenoxy) is 2. The molecule has 0 unspecified atom stereocenters. The van der Waals surface area contributed by atoms with E-state index in [-0.39, 0.29) is 52.9 Å². The molecule has 0 aliphatic carbocycles. The normalized spacial score (nSPS) is 14.1. The van der Waals surface area contributed by atoms with Gasteiger partial charge in [0.05, 0.1) is 35.7 Å². The topological polar surface area (TPSA) is 164 Å². The number of esters is 2. The number of phenols is 2. The molecule has 1 aliphatic heterocycles. The Balaban J connectivity index is 1.88. The van der Waals surface area contributed by atoms with Gasteiger partial charge >= 0.3 is 11.9 Å². The fourth-order valence-corrected chi connectivity index (χ4v) is 3.53. The number of anilines is 1. The number of carbonyl (C=O) groups is 3. The minimum Gasteiger partial charge on any atom is -0.508 e. The molecule has 2 aromatic carbocycles. The van der Waals surface area contributed by atoms with E-state index < -0.39 is 23.4 Å². The maximum absolute atomic E-state index is 13.4. The number of benzene rings is 2. The summed E-state index contributed by atoms with van der Waals surface area (Å²) in [5.41, 5.74) is -1.35. The van der Waals surface area contributed by atoms with Crippen molar-refractivity contribution in [2.24, 2.45) is 5.10 Å². The molecule has 4 rings (SSSR count). The molecule has 1 aliphatic rings. The number of nitrogens with one attached hydrogen (secondary N) is 1. The smallest absolute Gasteiger partial charge is 0.359 e. The van der Waals surface area contributed by atoms with Gasteiger partial charge in [-0.25, -0.2) is 14.3 Å². The third kappa shape index (κ3) is 4.85. The highest BCUT2D eigenvalue weighted by Gasteiger charge is 2.37. The summed E-state index contributed by atoms with van der Waals surface area (Å²) in [6.45, 7) is 3.19. The molecule has 0 spiro atoms. The van der Waals surface area contributed by atoms with Crippen LogP contribution in [0.3, 0.4) is 0 Å². The molecule has 3 aromatic rings. The molecule has 2 heterocycles. The number of H-pyrrole nitrogens is 1. The van der Waals surface area contributed by atoms with Gasteiger partial charge in [0.15, 0.2) is 11.4 Å². The summed E-state index contributed by atoms with van der Waals surface area (Å²) in [6.07, 6.45) is 1.08. The van der Waals surface area contributed by atoms with Crippen molar-refractivity contribution in [1.82, 2.24) is 9.78 Å². The van der Waals surface area contributed by atoms with Gasteiger partial charge in [-0.1, -0.05) is 0 Å². The lowest BCUT2D eigenvalue weighted by molar-refractivity contribution is -0.135. The number of aromatic amines is 1. The van der Waals surface area contributed by atoms with Crippen molar-refractivity contribution in [3.8, 4) is 17.2 Å². The summed E-state index contributed by atoms with van der Waals surface area (Å²) in [4.78, 5) is 52.1. The monoisotopic (exact) mass is 506 g/mol. The van der Waals surface area contributed by atoms with Crippen molar-refractivity contribution in [3.05, 3.63) is 75.7 Å². The second kappa shape index (κ2) is 10.2. The molecular weight excluding hydrogens is 484 g/mol. The van der Waals surface area contributed by atoms with Crippen LogP contribution in [0, 0.1) is 0 Å². The van der Waals surface area contributed by atoms with Crippen LogP contribution in [0.4, 0.5) is 5.69 Å². The van der Waals surface area contributed by atoms with E-state index in [9.17, 15) is 29.4 Å². The highest BCUT2D eigenvalue weighted by Crippen LogP contribution is 2.27. The fourth-order valence-electron chi connectivity index (χ4n) is 3.53. The summed E-state index contributed by atoms with van der Waals surface area (Å²) in [6, 6.07) is 11.1. The SMILES string of the molecule is CCOC(=O)C1=NN(c2ccc(O)cc2)C(=O)C1=Cc1c(C(=O)OCC)[nH]n(-c2ccc(O)cc2)c1=O. The van der Waals surface area contributed by atoms with E-state index in [4.69, 9.17) is 9.47 Å². The molecule has 190 valence electrons. The Morgan fingerprint density at radius 3 is 2.00 bits per heavy atom. The second-order valence-electron chi connectivity index (χ2n) is 7.64. The zero-order chi connectivity index (χ0) is 26.7. The predicted molar refractivity (Wildman–Crippen MR) is 132 cm³/mol. The van der Waals surface area contributed by atoms with Gasteiger partial charge in [-0.05, 0) is 68.5 Å². The standard InChI is InChI=1S/C25H22N4O8/c1-3-36-24(34)20-18(22(32)28(26-20)14-5-9-16(30)10-6-14)13-19-21(25(35)37-4-2)27-29(23(19)33)15-7-11-17(31)12-8-15/h5-13,26,30-31H,3-4H2,1-2H3. The lowest BCUT2D eigenvalue weighted by Gasteiger charge is -2.11. The van der Waals surface area contributed by atoms with E-state index in [1.165, 1.54) is 48.5 Å². The van der Waals surface area contributed by atoms with E-state index in [2.05, 4.69) is 10.2 Å². The van der Waals surface area contributed by atoms with Crippen molar-refractivity contribution < 1.29 is 34.1 Å². The molecule has 0 bridgehead atoms. The van der Waals surface area contributed by atoms with E-state index in [1.807, 2.05) is 0 Å². The van der Waals surface area contributed by atoms with Gasteiger partial charge in [-0.3, -0.25) is 14.7 Å². The van der Waals surface area contributed by atoms with Crippen molar-refractivity contribution in [2.45, 2.75) is 13.8 Å². The lowest BCUT2D eigenvalue weighted by Crippen LogP contribution is -2.24. The molecule has 3 N–H and O–H groups in total. The van der Waals surface area contributed by atoms with Crippen LogP contribution in [0.15, 0.2) is 64.0 Å². The first-order valence-corrected chi connectivity index (χ1v) is 11.2. The molecule has 0 atom stereocenters.